The molecule has 0 aliphatic carbocycles. The quantitative estimate of drug-likeness (QED) is 0.130. The topological polar surface area (TPSA) is 140 Å². The molecule has 0 saturated carbocycles. The van der Waals surface area contributed by atoms with Crippen LogP contribution in [0.5, 0.6) is 0 Å². The summed E-state index contributed by atoms with van der Waals surface area (Å²) in [5, 5.41) is 5.22. The molecule has 1 aliphatic heterocycles. The van der Waals surface area contributed by atoms with E-state index in [-0.39, 0.29) is 45.6 Å². The van der Waals surface area contributed by atoms with Gasteiger partial charge in [0.15, 0.2) is 0 Å². The number of benzene rings is 3. The Balaban J connectivity index is 1.40. The van der Waals surface area contributed by atoms with Crippen LogP contribution in [0.15, 0.2) is 104 Å². The largest absolute Gasteiger partial charge is 0.461 e. The first-order valence-corrected chi connectivity index (χ1v) is 15.9. The summed E-state index contributed by atoms with van der Waals surface area (Å²) in [4.78, 5) is 67.1. The first kappa shape index (κ1) is 35.4. The van der Waals surface area contributed by atoms with Gasteiger partial charge in [-0.05, 0) is 42.4 Å². The number of likely N-dealkylation sites (tertiary alicyclic amines) is 1. The minimum atomic E-state index is -1.36. The summed E-state index contributed by atoms with van der Waals surface area (Å²) in [6.45, 7) is 3.74. The maximum atomic E-state index is 14.0. The standard InChI is InChI=1S/C37H41N3O8/c1-2-21-37(22-12-23-40(37)32(41)24-38-36(45)48-27-30-17-10-5-11-18-30)35(44)39-31(34(43)47-26-29-15-8-4-9-16-29)19-20-33(42)46-25-28-13-6-3-7-14-28/h2-11,13-18,31H,1,12,19-27H2,(H,38,45)(H,39,44)/t31-,37-/m0/s1. The lowest BCUT2D eigenvalue weighted by atomic mass is 9.90. The molecule has 3 amide bonds. The lowest BCUT2D eigenvalue weighted by Crippen LogP contribution is -2.61. The number of rotatable bonds is 16. The monoisotopic (exact) mass is 655 g/mol. The van der Waals surface area contributed by atoms with E-state index in [9.17, 15) is 24.0 Å². The van der Waals surface area contributed by atoms with Gasteiger partial charge in [-0.2, -0.15) is 0 Å². The predicted molar refractivity (Wildman–Crippen MR) is 177 cm³/mol. The lowest BCUT2D eigenvalue weighted by molar-refractivity contribution is -0.152. The Labute approximate surface area is 280 Å². The average molecular weight is 656 g/mol. The van der Waals surface area contributed by atoms with E-state index in [0.717, 1.165) is 16.7 Å². The molecule has 11 heteroatoms. The van der Waals surface area contributed by atoms with Crippen LogP contribution in [-0.4, -0.2) is 59.4 Å². The molecule has 252 valence electrons. The smallest absolute Gasteiger partial charge is 0.407 e. The summed E-state index contributed by atoms with van der Waals surface area (Å²) in [6.07, 6.45) is 1.44. The minimum absolute atomic E-state index is 0.0288. The van der Waals surface area contributed by atoms with Gasteiger partial charge in [-0.25, -0.2) is 9.59 Å². The molecule has 0 bridgehead atoms. The zero-order chi connectivity index (χ0) is 34.2. The highest BCUT2D eigenvalue weighted by Gasteiger charge is 2.49. The summed E-state index contributed by atoms with van der Waals surface area (Å²) in [6, 6.07) is 26.2. The van der Waals surface area contributed by atoms with Crippen molar-refractivity contribution >= 4 is 29.8 Å². The molecule has 4 rings (SSSR count). The Morgan fingerprint density at radius 1 is 0.792 bits per heavy atom. The Morgan fingerprint density at radius 3 is 1.90 bits per heavy atom. The number of carbonyl (C=O) groups is 5. The van der Waals surface area contributed by atoms with E-state index in [2.05, 4.69) is 17.2 Å². The van der Waals surface area contributed by atoms with E-state index in [0.29, 0.717) is 12.8 Å². The molecule has 0 radical (unpaired) electrons. The maximum absolute atomic E-state index is 14.0. The van der Waals surface area contributed by atoms with Crippen molar-refractivity contribution in [2.45, 2.75) is 63.5 Å². The molecule has 3 aromatic carbocycles. The lowest BCUT2D eigenvalue weighted by Gasteiger charge is -2.37. The van der Waals surface area contributed by atoms with Gasteiger partial charge < -0.3 is 29.7 Å². The molecule has 1 aliphatic rings. The summed E-state index contributed by atoms with van der Waals surface area (Å²) in [5.41, 5.74) is 1.000. The SMILES string of the molecule is C=CC[C@@]1(C(=O)N[C@@H](CCC(=O)OCc2ccccc2)C(=O)OCc2ccccc2)CCCN1C(=O)CNC(=O)OCc1ccccc1. The number of alkyl carbamates (subject to hydrolysis) is 1. The normalized spacial score (nSPS) is 15.9. The Kier molecular flexibility index (Phi) is 13.3. The number of nitrogens with one attached hydrogen (secondary N) is 2. The van der Waals surface area contributed by atoms with Gasteiger partial charge in [0.1, 0.15) is 37.9 Å². The highest BCUT2D eigenvalue weighted by atomic mass is 16.5. The number of amides is 3. The second-order valence-corrected chi connectivity index (χ2v) is 11.4. The van der Waals surface area contributed by atoms with Crippen LogP contribution in [0.4, 0.5) is 4.79 Å². The molecule has 1 heterocycles. The van der Waals surface area contributed by atoms with Crippen molar-refractivity contribution in [3.8, 4) is 0 Å². The number of ether oxygens (including phenoxy) is 3. The third-order valence-electron chi connectivity index (χ3n) is 7.98. The zero-order valence-electron chi connectivity index (χ0n) is 26.8. The Hall–Kier alpha value is -5.45. The fourth-order valence-electron chi connectivity index (χ4n) is 5.48. The fourth-order valence-corrected chi connectivity index (χ4v) is 5.48. The van der Waals surface area contributed by atoms with E-state index in [1.54, 1.807) is 12.1 Å². The van der Waals surface area contributed by atoms with Crippen molar-refractivity contribution in [2.75, 3.05) is 13.1 Å². The second kappa shape index (κ2) is 18.0. The van der Waals surface area contributed by atoms with Crippen molar-refractivity contribution < 1.29 is 38.2 Å². The summed E-state index contributed by atoms with van der Waals surface area (Å²) in [7, 11) is 0. The van der Waals surface area contributed by atoms with E-state index < -0.39 is 48.0 Å². The van der Waals surface area contributed by atoms with Crippen LogP contribution >= 0.6 is 0 Å². The summed E-state index contributed by atoms with van der Waals surface area (Å²) < 4.78 is 16.1. The predicted octanol–water partition coefficient (Wildman–Crippen LogP) is 4.60. The maximum Gasteiger partial charge on any atom is 0.407 e. The van der Waals surface area contributed by atoms with Crippen molar-refractivity contribution in [2.24, 2.45) is 0 Å². The van der Waals surface area contributed by atoms with Crippen molar-refractivity contribution in [3.05, 3.63) is 120 Å². The molecule has 0 spiro atoms. The molecule has 2 N–H and O–H groups in total. The van der Waals surface area contributed by atoms with Gasteiger partial charge in [0.2, 0.25) is 11.8 Å². The van der Waals surface area contributed by atoms with Crippen LogP contribution in [0, 0.1) is 0 Å². The van der Waals surface area contributed by atoms with Crippen LogP contribution in [-0.2, 0) is 53.2 Å². The number of carbonyl (C=O) groups excluding carboxylic acids is 5. The molecule has 3 aromatic rings. The number of esters is 2. The summed E-state index contributed by atoms with van der Waals surface area (Å²) >= 11 is 0. The second-order valence-electron chi connectivity index (χ2n) is 11.4. The van der Waals surface area contributed by atoms with Gasteiger partial charge >= 0.3 is 18.0 Å². The van der Waals surface area contributed by atoms with Crippen LogP contribution in [0.2, 0.25) is 0 Å². The van der Waals surface area contributed by atoms with Gasteiger partial charge in [0, 0.05) is 13.0 Å². The van der Waals surface area contributed by atoms with Gasteiger partial charge in [0.05, 0.1) is 0 Å². The third-order valence-corrected chi connectivity index (χ3v) is 7.98. The van der Waals surface area contributed by atoms with Crippen molar-refractivity contribution in [3.63, 3.8) is 0 Å². The van der Waals surface area contributed by atoms with E-state index in [1.165, 1.54) is 11.0 Å². The van der Waals surface area contributed by atoms with Crippen LogP contribution in [0.1, 0.15) is 48.8 Å². The van der Waals surface area contributed by atoms with Crippen molar-refractivity contribution in [1.82, 2.24) is 15.5 Å². The first-order valence-electron chi connectivity index (χ1n) is 15.9. The molecule has 2 atom stereocenters. The molecule has 1 saturated heterocycles. The molecule has 1 fully saturated rings. The number of nitrogens with zero attached hydrogens (tertiary/aromatic N) is 1. The Bertz CT molecular complexity index is 1530. The average Bonchev–Trinajstić information content (AvgIpc) is 3.55. The summed E-state index contributed by atoms with van der Waals surface area (Å²) in [5.74, 6) is -2.35. The number of hydrogen-bond acceptors (Lipinski definition) is 8. The van der Waals surface area contributed by atoms with Gasteiger partial charge in [-0.1, -0.05) is 97.1 Å². The molecule has 11 nitrogen and oxygen atoms in total. The van der Waals surface area contributed by atoms with E-state index in [4.69, 9.17) is 14.2 Å². The first-order chi connectivity index (χ1) is 23.3. The highest BCUT2D eigenvalue weighted by molar-refractivity contribution is 5.95. The molecule has 48 heavy (non-hydrogen) atoms. The highest BCUT2D eigenvalue weighted by Crippen LogP contribution is 2.34. The van der Waals surface area contributed by atoms with Crippen LogP contribution in [0.25, 0.3) is 0 Å². The minimum Gasteiger partial charge on any atom is -0.461 e. The van der Waals surface area contributed by atoms with Crippen LogP contribution in [0.3, 0.4) is 0 Å². The van der Waals surface area contributed by atoms with Crippen LogP contribution < -0.4 is 10.6 Å². The molecule has 0 unspecified atom stereocenters. The molecule has 0 aromatic heterocycles. The molecular weight excluding hydrogens is 614 g/mol. The molecular formula is C37H41N3O8. The van der Waals surface area contributed by atoms with Gasteiger partial charge in [-0.15, -0.1) is 6.58 Å². The zero-order valence-corrected chi connectivity index (χ0v) is 26.8. The van der Waals surface area contributed by atoms with Gasteiger partial charge in [-0.3, -0.25) is 14.4 Å². The number of hydrogen-bond donors (Lipinski definition) is 2. The van der Waals surface area contributed by atoms with E-state index >= 15 is 0 Å². The van der Waals surface area contributed by atoms with Crippen molar-refractivity contribution in [1.29, 1.82) is 0 Å². The fraction of sp³-hybridized carbons (Fsp3) is 0.324. The van der Waals surface area contributed by atoms with E-state index in [1.807, 2.05) is 78.9 Å². The Morgan fingerprint density at radius 2 is 1.33 bits per heavy atom. The van der Waals surface area contributed by atoms with Gasteiger partial charge in [0.25, 0.3) is 0 Å². The third kappa shape index (κ3) is 10.3.